The number of benzene rings is 2. The second-order valence-electron chi connectivity index (χ2n) is 11.6. The average Bonchev–Trinajstić information content (AvgIpc) is 3.79. The number of piperazine rings is 1. The summed E-state index contributed by atoms with van der Waals surface area (Å²) < 4.78 is 13.0. The van der Waals surface area contributed by atoms with E-state index in [0.717, 1.165) is 85.9 Å². The molecule has 0 aliphatic carbocycles. The van der Waals surface area contributed by atoms with E-state index in [1.807, 2.05) is 58.1 Å². The maximum absolute atomic E-state index is 12.8. The summed E-state index contributed by atoms with van der Waals surface area (Å²) in [5, 5.41) is 13.2. The lowest BCUT2D eigenvalue weighted by atomic mass is 10.1. The first-order chi connectivity index (χ1) is 21.6. The quantitative estimate of drug-likeness (QED) is 0.279. The van der Waals surface area contributed by atoms with Crippen LogP contribution in [0.5, 0.6) is 11.5 Å². The number of para-hydroxylation sites is 1. The summed E-state index contributed by atoms with van der Waals surface area (Å²) in [6, 6.07) is 18.3. The summed E-state index contributed by atoms with van der Waals surface area (Å²) in [6.45, 7) is 6.86. The van der Waals surface area contributed by atoms with Crippen molar-refractivity contribution < 1.29 is 19.1 Å². The molecule has 2 amide bonds. The molecule has 0 bridgehead atoms. The minimum atomic E-state index is -0.0280. The van der Waals surface area contributed by atoms with Crippen molar-refractivity contribution in [2.75, 3.05) is 57.5 Å². The molecule has 3 aliphatic heterocycles. The highest BCUT2D eigenvalue weighted by atomic mass is 16.7. The van der Waals surface area contributed by atoms with Gasteiger partial charge in [0.15, 0.2) is 23.1 Å². The molecule has 5 heterocycles. The lowest BCUT2D eigenvalue weighted by Gasteiger charge is -2.35. The van der Waals surface area contributed by atoms with Crippen LogP contribution < -0.4 is 19.7 Å². The lowest BCUT2D eigenvalue weighted by Crippen LogP contribution is -2.46. The number of aromatic nitrogens is 3. The molecule has 2 saturated heterocycles. The van der Waals surface area contributed by atoms with Crippen molar-refractivity contribution in [1.29, 1.82) is 0 Å². The number of likely N-dealkylation sites (tertiary alicyclic amines) is 1. The first-order valence-corrected chi connectivity index (χ1v) is 15.4. The normalized spacial score (nSPS) is 16.7. The maximum atomic E-state index is 12.8. The van der Waals surface area contributed by atoms with Gasteiger partial charge in [-0.05, 0) is 54.3 Å². The topological polar surface area (TPSA) is 105 Å². The van der Waals surface area contributed by atoms with Crippen LogP contribution in [-0.4, -0.2) is 89.0 Å². The van der Waals surface area contributed by atoms with Gasteiger partial charge >= 0.3 is 0 Å². The van der Waals surface area contributed by atoms with Crippen molar-refractivity contribution >= 4 is 28.5 Å². The van der Waals surface area contributed by atoms with Gasteiger partial charge in [0.2, 0.25) is 18.6 Å². The Kier molecular flexibility index (Phi) is 8.02. The van der Waals surface area contributed by atoms with Crippen LogP contribution >= 0.6 is 0 Å². The molecule has 2 aromatic carbocycles. The standard InChI is InChI=1S/C33H37N7O4/c41-32(34-12-4-14-39-13-3-7-33(39)42)20-25-22-40(27-6-2-1-5-26(25)27)31-11-10-30(35-36-31)38-17-15-37(16-18-38)21-24-8-9-28-29(19-24)44-23-43-28/h1-2,5-6,8-11,19,22H,3-4,7,12-18,20-21,23H2,(H,34,41). The maximum Gasteiger partial charge on any atom is 0.231 e. The summed E-state index contributed by atoms with van der Waals surface area (Å²) in [4.78, 5) is 31.2. The number of carbonyl (C=O) groups is 2. The van der Waals surface area contributed by atoms with E-state index in [1.54, 1.807) is 0 Å². The molecule has 11 heteroatoms. The third-order valence-electron chi connectivity index (χ3n) is 8.67. The van der Waals surface area contributed by atoms with Crippen molar-refractivity contribution in [2.45, 2.75) is 32.2 Å². The Morgan fingerprint density at radius 2 is 1.73 bits per heavy atom. The van der Waals surface area contributed by atoms with E-state index in [0.29, 0.717) is 32.1 Å². The Morgan fingerprint density at radius 1 is 0.909 bits per heavy atom. The van der Waals surface area contributed by atoms with Gasteiger partial charge in [-0.15, -0.1) is 10.2 Å². The van der Waals surface area contributed by atoms with Crippen LogP contribution in [0.3, 0.4) is 0 Å². The Balaban J connectivity index is 0.952. The molecule has 44 heavy (non-hydrogen) atoms. The zero-order valence-electron chi connectivity index (χ0n) is 24.8. The van der Waals surface area contributed by atoms with E-state index in [1.165, 1.54) is 5.56 Å². The fourth-order valence-corrected chi connectivity index (χ4v) is 6.30. The largest absolute Gasteiger partial charge is 0.454 e. The van der Waals surface area contributed by atoms with Crippen LogP contribution in [0.1, 0.15) is 30.4 Å². The molecular formula is C33H37N7O4. The van der Waals surface area contributed by atoms with Crippen molar-refractivity contribution in [2.24, 2.45) is 0 Å². The highest BCUT2D eigenvalue weighted by molar-refractivity contribution is 5.90. The first kappa shape index (κ1) is 28.1. The molecule has 0 atom stereocenters. The number of fused-ring (bicyclic) bond motifs is 2. The number of hydrogen-bond donors (Lipinski definition) is 1. The minimum Gasteiger partial charge on any atom is -0.454 e. The zero-order valence-corrected chi connectivity index (χ0v) is 24.8. The highest BCUT2D eigenvalue weighted by Crippen LogP contribution is 2.33. The molecule has 2 aromatic heterocycles. The van der Waals surface area contributed by atoms with Gasteiger partial charge in [0.05, 0.1) is 11.9 Å². The zero-order chi connectivity index (χ0) is 29.9. The molecule has 3 aliphatic rings. The number of carbonyl (C=O) groups excluding carboxylic acids is 2. The van der Waals surface area contributed by atoms with Gasteiger partial charge in [-0.25, -0.2) is 0 Å². The molecule has 1 N–H and O–H groups in total. The van der Waals surface area contributed by atoms with E-state index in [4.69, 9.17) is 9.47 Å². The number of ether oxygens (including phenoxy) is 2. The summed E-state index contributed by atoms with van der Waals surface area (Å²) >= 11 is 0. The van der Waals surface area contributed by atoms with Crippen LogP contribution in [0, 0.1) is 0 Å². The highest BCUT2D eigenvalue weighted by Gasteiger charge is 2.22. The molecule has 0 spiro atoms. The van der Waals surface area contributed by atoms with Crippen LogP contribution in [-0.2, 0) is 22.6 Å². The number of nitrogens with one attached hydrogen (secondary N) is 1. The average molecular weight is 596 g/mol. The predicted molar refractivity (Wildman–Crippen MR) is 166 cm³/mol. The third kappa shape index (κ3) is 6.05. The molecule has 228 valence electrons. The van der Waals surface area contributed by atoms with Gasteiger partial charge in [-0.2, -0.15) is 0 Å². The first-order valence-electron chi connectivity index (χ1n) is 15.4. The van der Waals surface area contributed by atoms with Crippen molar-refractivity contribution in [3.8, 4) is 17.3 Å². The molecule has 0 saturated carbocycles. The number of amides is 2. The monoisotopic (exact) mass is 595 g/mol. The molecule has 0 unspecified atom stereocenters. The van der Waals surface area contributed by atoms with Gasteiger partial charge in [0, 0.05) is 70.4 Å². The van der Waals surface area contributed by atoms with Gasteiger partial charge in [-0.1, -0.05) is 24.3 Å². The van der Waals surface area contributed by atoms with E-state index in [-0.39, 0.29) is 18.2 Å². The summed E-state index contributed by atoms with van der Waals surface area (Å²) in [5.41, 5.74) is 3.15. The number of rotatable bonds is 10. The minimum absolute atomic E-state index is 0.0280. The van der Waals surface area contributed by atoms with Crippen LogP contribution in [0.4, 0.5) is 5.82 Å². The molecular weight excluding hydrogens is 558 g/mol. The van der Waals surface area contributed by atoms with Gasteiger partial charge < -0.3 is 24.6 Å². The van der Waals surface area contributed by atoms with E-state index in [2.05, 4.69) is 37.4 Å². The second kappa shape index (κ2) is 12.5. The fraction of sp³-hybridized carbons (Fsp3) is 0.394. The molecule has 7 rings (SSSR count). The van der Waals surface area contributed by atoms with Crippen molar-refractivity contribution in [1.82, 2.24) is 29.9 Å². The van der Waals surface area contributed by atoms with E-state index < -0.39 is 0 Å². The van der Waals surface area contributed by atoms with Crippen LogP contribution in [0.25, 0.3) is 16.7 Å². The Morgan fingerprint density at radius 3 is 2.55 bits per heavy atom. The van der Waals surface area contributed by atoms with Gasteiger partial charge in [0.1, 0.15) is 0 Å². The van der Waals surface area contributed by atoms with E-state index >= 15 is 0 Å². The Hall–Kier alpha value is -4.64. The third-order valence-corrected chi connectivity index (χ3v) is 8.67. The summed E-state index contributed by atoms with van der Waals surface area (Å²) in [6.07, 6.45) is 4.61. The molecule has 4 aromatic rings. The number of hydrogen-bond acceptors (Lipinski definition) is 8. The van der Waals surface area contributed by atoms with E-state index in [9.17, 15) is 9.59 Å². The SMILES string of the molecule is O=C(Cc1cn(-c2ccc(N3CCN(Cc4ccc5c(c4)OCO5)CC3)nn2)c2ccccc12)NCCCN1CCCC1=O. The molecule has 0 radical (unpaired) electrons. The number of anilines is 1. The lowest BCUT2D eigenvalue weighted by molar-refractivity contribution is -0.127. The van der Waals surface area contributed by atoms with Crippen molar-refractivity contribution in [3.05, 3.63) is 71.9 Å². The Labute approximate surface area is 256 Å². The Bertz CT molecular complexity index is 1650. The summed E-state index contributed by atoms with van der Waals surface area (Å²) in [7, 11) is 0. The molecule has 11 nitrogen and oxygen atoms in total. The van der Waals surface area contributed by atoms with Gasteiger partial charge in [-0.3, -0.25) is 19.1 Å². The van der Waals surface area contributed by atoms with Crippen LogP contribution in [0.2, 0.25) is 0 Å². The predicted octanol–water partition coefficient (Wildman–Crippen LogP) is 3.14. The fourth-order valence-electron chi connectivity index (χ4n) is 6.30. The van der Waals surface area contributed by atoms with Crippen LogP contribution in [0.15, 0.2) is 60.8 Å². The van der Waals surface area contributed by atoms with Crippen molar-refractivity contribution in [3.63, 3.8) is 0 Å². The van der Waals surface area contributed by atoms with Gasteiger partial charge in [0.25, 0.3) is 0 Å². The summed E-state index contributed by atoms with van der Waals surface area (Å²) in [5.74, 6) is 3.41. The number of nitrogens with zero attached hydrogens (tertiary/aromatic N) is 6. The smallest absolute Gasteiger partial charge is 0.231 e. The second-order valence-corrected chi connectivity index (χ2v) is 11.6. The molecule has 2 fully saturated rings.